The molecule has 1 fully saturated rings. The number of methoxy groups -OCH3 is 1. The first-order valence-corrected chi connectivity index (χ1v) is 11.6. The van der Waals surface area contributed by atoms with E-state index in [4.69, 9.17) is 9.16 Å². The number of hydrogen-bond acceptors (Lipinski definition) is 3. The van der Waals surface area contributed by atoms with Crippen molar-refractivity contribution in [3.63, 3.8) is 0 Å². The van der Waals surface area contributed by atoms with Crippen LogP contribution >= 0.6 is 0 Å². The number of hydrogen-bond donors (Lipinski definition) is 0. The zero-order valence-electron chi connectivity index (χ0n) is 16.4. The molecule has 1 saturated carbocycles. The number of ether oxygens (including phenoxy) is 1. The molecule has 1 aliphatic carbocycles. The molecule has 0 aliphatic heterocycles. The van der Waals surface area contributed by atoms with E-state index in [1.165, 1.54) is 20.0 Å². The minimum absolute atomic E-state index is 0.0597. The van der Waals surface area contributed by atoms with Crippen molar-refractivity contribution in [2.45, 2.75) is 90.3 Å². The summed E-state index contributed by atoms with van der Waals surface area (Å²) < 4.78 is 11.5. The molecule has 0 aromatic rings. The molecule has 1 rings (SSSR count). The van der Waals surface area contributed by atoms with Crippen molar-refractivity contribution < 1.29 is 14.0 Å². The van der Waals surface area contributed by atoms with Gasteiger partial charge < -0.3 is 9.16 Å². The molecule has 3 nitrogen and oxygen atoms in total. The van der Waals surface area contributed by atoms with E-state index < -0.39 is 8.32 Å². The van der Waals surface area contributed by atoms with Gasteiger partial charge in [-0.25, -0.2) is 0 Å². The van der Waals surface area contributed by atoms with Crippen LogP contribution in [0.25, 0.3) is 0 Å². The van der Waals surface area contributed by atoms with Crippen molar-refractivity contribution >= 4 is 14.3 Å². The van der Waals surface area contributed by atoms with Crippen molar-refractivity contribution in [1.29, 1.82) is 0 Å². The van der Waals surface area contributed by atoms with Gasteiger partial charge in [-0.1, -0.05) is 41.5 Å². The molecular formula is C19H38O3Si. The van der Waals surface area contributed by atoms with Gasteiger partial charge in [0, 0.05) is 13.0 Å². The van der Waals surface area contributed by atoms with Crippen molar-refractivity contribution in [3.8, 4) is 0 Å². The van der Waals surface area contributed by atoms with Crippen LogP contribution in [0.2, 0.25) is 16.6 Å². The van der Waals surface area contributed by atoms with Crippen LogP contribution in [0, 0.1) is 11.8 Å². The highest BCUT2D eigenvalue weighted by Crippen LogP contribution is 2.43. The fourth-order valence-corrected chi connectivity index (χ4v) is 10.2. The summed E-state index contributed by atoms with van der Waals surface area (Å²) in [4.78, 5) is 11.4. The van der Waals surface area contributed by atoms with Gasteiger partial charge in [0.15, 0.2) is 8.32 Å². The molecule has 0 N–H and O–H groups in total. The van der Waals surface area contributed by atoms with Crippen LogP contribution in [-0.4, -0.2) is 28.0 Å². The Bertz CT molecular complexity index is 336. The van der Waals surface area contributed by atoms with E-state index in [1.807, 2.05) is 0 Å². The highest BCUT2D eigenvalue weighted by Gasteiger charge is 2.45. The number of carbonyl (C=O) groups excluding carboxylic acids is 1. The highest BCUT2D eigenvalue weighted by atomic mass is 28.4. The SMILES string of the molecule is COC(=O)CC1CCC(CO[Si](C(C)C)(C(C)C)C(C)C)CC1. The Balaban J connectivity index is 2.53. The molecule has 0 bridgehead atoms. The first kappa shape index (κ1) is 20.7. The lowest BCUT2D eigenvalue weighted by Gasteiger charge is -2.43. The summed E-state index contributed by atoms with van der Waals surface area (Å²) in [5.41, 5.74) is 1.95. The van der Waals surface area contributed by atoms with Crippen LogP contribution in [0.1, 0.15) is 73.6 Å². The minimum atomic E-state index is -1.73. The lowest BCUT2D eigenvalue weighted by atomic mass is 9.81. The van der Waals surface area contributed by atoms with E-state index >= 15 is 0 Å². The van der Waals surface area contributed by atoms with Crippen molar-refractivity contribution in [3.05, 3.63) is 0 Å². The third-order valence-electron chi connectivity index (χ3n) is 5.93. The second-order valence-electron chi connectivity index (χ2n) is 8.30. The number of esters is 1. The molecule has 1 aliphatic rings. The second-order valence-corrected chi connectivity index (χ2v) is 13.8. The number of carbonyl (C=O) groups is 1. The molecule has 0 spiro atoms. The van der Waals surface area contributed by atoms with E-state index in [0.717, 1.165) is 19.4 Å². The summed E-state index contributed by atoms with van der Waals surface area (Å²) in [5.74, 6) is 1.13. The third kappa shape index (κ3) is 5.32. The van der Waals surface area contributed by atoms with Gasteiger partial charge in [0.05, 0.1) is 7.11 Å². The van der Waals surface area contributed by atoms with Gasteiger partial charge in [0.25, 0.3) is 0 Å². The van der Waals surface area contributed by atoms with Gasteiger partial charge in [0.1, 0.15) is 0 Å². The summed E-state index contributed by atoms with van der Waals surface area (Å²) in [6.07, 6.45) is 5.26. The summed E-state index contributed by atoms with van der Waals surface area (Å²) >= 11 is 0. The summed E-state index contributed by atoms with van der Waals surface area (Å²) in [6, 6.07) is 0. The van der Waals surface area contributed by atoms with Crippen LogP contribution in [0.5, 0.6) is 0 Å². The Morgan fingerprint density at radius 2 is 1.35 bits per heavy atom. The molecular weight excluding hydrogens is 304 g/mol. The molecule has 0 radical (unpaired) electrons. The van der Waals surface area contributed by atoms with Crippen molar-refractivity contribution in [2.75, 3.05) is 13.7 Å². The lowest BCUT2D eigenvalue weighted by molar-refractivity contribution is -0.142. The fraction of sp³-hybridized carbons (Fsp3) is 0.947. The molecule has 136 valence electrons. The van der Waals surface area contributed by atoms with Crippen LogP contribution in [0.4, 0.5) is 0 Å². The zero-order chi connectivity index (χ0) is 17.6. The van der Waals surface area contributed by atoms with E-state index in [0.29, 0.717) is 34.9 Å². The van der Waals surface area contributed by atoms with E-state index in [9.17, 15) is 4.79 Å². The van der Waals surface area contributed by atoms with Crippen LogP contribution in [-0.2, 0) is 14.0 Å². The average Bonchev–Trinajstić information content (AvgIpc) is 2.48. The largest absolute Gasteiger partial charge is 0.469 e. The van der Waals surface area contributed by atoms with Crippen LogP contribution in [0.3, 0.4) is 0 Å². The average molecular weight is 343 g/mol. The maximum absolute atomic E-state index is 11.4. The van der Waals surface area contributed by atoms with Crippen LogP contribution < -0.4 is 0 Å². The standard InChI is InChI=1S/C19H38O3Si/c1-14(2)23(15(3)4,16(5)6)22-13-18-10-8-17(9-11-18)12-19(20)21-7/h14-18H,8-13H2,1-7H3. The van der Waals surface area contributed by atoms with E-state index in [-0.39, 0.29) is 5.97 Å². The first-order chi connectivity index (χ1) is 10.7. The molecule has 0 aromatic carbocycles. The van der Waals surface area contributed by atoms with Gasteiger partial charge in [-0.2, -0.15) is 0 Å². The Hall–Kier alpha value is -0.353. The molecule has 0 saturated heterocycles. The Morgan fingerprint density at radius 3 is 1.74 bits per heavy atom. The lowest BCUT2D eigenvalue weighted by Crippen LogP contribution is -2.48. The molecule has 0 atom stereocenters. The number of rotatable bonds is 8. The van der Waals surface area contributed by atoms with Gasteiger partial charge in [0.2, 0.25) is 0 Å². The van der Waals surface area contributed by atoms with Gasteiger partial charge >= 0.3 is 5.97 Å². The second kappa shape index (κ2) is 9.21. The fourth-order valence-electron chi connectivity index (χ4n) is 4.68. The molecule has 4 heteroatoms. The summed E-state index contributed by atoms with van der Waals surface area (Å²) in [7, 11) is -0.253. The predicted octanol–water partition coefficient (Wildman–Crippen LogP) is 5.55. The Morgan fingerprint density at radius 1 is 0.913 bits per heavy atom. The maximum atomic E-state index is 11.4. The topological polar surface area (TPSA) is 35.5 Å². The van der Waals surface area contributed by atoms with Crippen LogP contribution in [0.15, 0.2) is 0 Å². The Kier molecular flexibility index (Phi) is 8.29. The monoisotopic (exact) mass is 342 g/mol. The summed E-state index contributed by atoms with van der Waals surface area (Å²) in [6.45, 7) is 15.0. The minimum Gasteiger partial charge on any atom is -0.469 e. The summed E-state index contributed by atoms with van der Waals surface area (Å²) in [5, 5.41) is 0. The van der Waals surface area contributed by atoms with E-state index in [1.54, 1.807) is 0 Å². The van der Waals surface area contributed by atoms with Crippen molar-refractivity contribution in [1.82, 2.24) is 0 Å². The smallest absolute Gasteiger partial charge is 0.305 e. The maximum Gasteiger partial charge on any atom is 0.305 e. The molecule has 0 heterocycles. The van der Waals surface area contributed by atoms with Crippen molar-refractivity contribution in [2.24, 2.45) is 11.8 Å². The first-order valence-electron chi connectivity index (χ1n) is 9.44. The van der Waals surface area contributed by atoms with Gasteiger partial charge in [-0.05, 0) is 54.1 Å². The molecule has 0 unspecified atom stereocenters. The zero-order valence-corrected chi connectivity index (χ0v) is 17.4. The Labute approximate surface area is 144 Å². The van der Waals surface area contributed by atoms with Gasteiger partial charge in [-0.15, -0.1) is 0 Å². The third-order valence-corrected chi connectivity index (χ3v) is 12.0. The highest BCUT2D eigenvalue weighted by molar-refractivity contribution is 6.77. The quantitative estimate of drug-likeness (QED) is 0.428. The molecule has 0 aromatic heterocycles. The molecule has 23 heavy (non-hydrogen) atoms. The predicted molar refractivity (Wildman–Crippen MR) is 99.1 cm³/mol. The van der Waals surface area contributed by atoms with Gasteiger partial charge in [-0.3, -0.25) is 4.79 Å². The molecule has 0 amide bonds. The van der Waals surface area contributed by atoms with E-state index in [2.05, 4.69) is 41.5 Å². The normalized spacial score (nSPS) is 22.9.